The second-order valence-electron chi connectivity index (χ2n) is 11.4. The number of nitriles is 2. The summed E-state index contributed by atoms with van der Waals surface area (Å²) >= 11 is 1.41. The molecule has 0 bridgehead atoms. The van der Waals surface area contributed by atoms with Crippen LogP contribution in [-0.4, -0.2) is 31.1 Å². The van der Waals surface area contributed by atoms with E-state index < -0.39 is 17.8 Å². The van der Waals surface area contributed by atoms with Crippen molar-refractivity contribution in [1.82, 2.24) is 25.0 Å². The Morgan fingerprint density at radius 3 is 2.49 bits per heavy atom. The van der Waals surface area contributed by atoms with E-state index >= 15 is 0 Å². The van der Waals surface area contributed by atoms with E-state index in [0.717, 1.165) is 32.4 Å². The second-order valence-corrected chi connectivity index (χ2v) is 12.3. The molecule has 2 N–H and O–H groups in total. The summed E-state index contributed by atoms with van der Waals surface area (Å²) in [7, 11) is 0. The molecule has 1 fully saturated rings. The quantitative estimate of drug-likeness (QED) is 0.161. The van der Waals surface area contributed by atoms with Gasteiger partial charge < -0.3 is 10.6 Å². The Kier molecular flexibility index (Phi) is 7.49. The van der Waals surface area contributed by atoms with Gasteiger partial charge in [-0.2, -0.15) is 23.7 Å². The van der Waals surface area contributed by atoms with Gasteiger partial charge in [0.05, 0.1) is 56.3 Å². The summed E-state index contributed by atoms with van der Waals surface area (Å²) in [4.78, 5) is 8.89. The van der Waals surface area contributed by atoms with Crippen LogP contribution in [0.2, 0.25) is 0 Å². The van der Waals surface area contributed by atoms with Crippen molar-refractivity contribution >= 4 is 43.8 Å². The van der Waals surface area contributed by atoms with Gasteiger partial charge in [0.1, 0.15) is 17.8 Å². The molecule has 1 aliphatic carbocycles. The third-order valence-corrected chi connectivity index (χ3v) is 9.54. The fourth-order valence-corrected chi connectivity index (χ4v) is 6.82. The van der Waals surface area contributed by atoms with Crippen LogP contribution in [0.25, 0.3) is 21.1 Å². The lowest BCUT2D eigenvalue weighted by atomic mass is 10.00. The summed E-state index contributed by atoms with van der Waals surface area (Å²) in [6.07, 6.45) is -1.08. The number of alkyl halides is 3. The van der Waals surface area contributed by atoms with Crippen LogP contribution in [0.3, 0.4) is 0 Å². The molecule has 3 aromatic heterocycles. The number of rotatable bonds is 9. The normalized spacial score (nSPS) is 15.1. The number of benzene rings is 3. The third kappa shape index (κ3) is 5.28. The van der Waals surface area contributed by atoms with Crippen LogP contribution >= 0.6 is 11.3 Å². The van der Waals surface area contributed by atoms with Crippen molar-refractivity contribution in [1.29, 1.82) is 10.5 Å². The molecule has 1 saturated carbocycles. The fraction of sp³-hybridized carbons (Fsp3) is 0.235. The third-order valence-electron chi connectivity index (χ3n) is 8.65. The Bertz CT molecular complexity index is 2190. The summed E-state index contributed by atoms with van der Waals surface area (Å²) in [6.45, 7) is 2.04. The molecule has 234 valence electrons. The average Bonchev–Trinajstić information content (AvgIpc) is 3.52. The summed E-state index contributed by atoms with van der Waals surface area (Å²) in [5.41, 5.74) is 4.42. The van der Waals surface area contributed by atoms with Crippen molar-refractivity contribution in [2.24, 2.45) is 0 Å². The topological polar surface area (TPSA) is 128 Å². The highest BCUT2D eigenvalue weighted by atomic mass is 32.1. The van der Waals surface area contributed by atoms with Crippen LogP contribution in [0.4, 0.5) is 24.5 Å². The van der Waals surface area contributed by atoms with E-state index in [1.807, 2.05) is 55.5 Å². The smallest absolute Gasteiger partial charge is 0.377 e. The minimum atomic E-state index is -4.47. The molecule has 1 unspecified atom stereocenters. The van der Waals surface area contributed by atoms with E-state index in [1.165, 1.54) is 23.7 Å². The first-order valence-electron chi connectivity index (χ1n) is 14.9. The summed E-state index contributed by atoms with van der Waals surface area (Å²) in [5, 5.41) is 36.0. The van der Waals surface area contributed by atoms with E-state index in [0.29, 0.717) is 27.8 Å². The van der Waals surface area contributed by atoms with Gasteiger partial charge in [0.2, 0.25) is 0 Å². The average molecular weight is 650 g/mol. The number of hydrogen-bond donors (Lipinski definition) is 2. The lowest BCUT2D eigenvalue weighted by Gasteiger charge is -2.23. The molecule has 2 atom stereocenters. The van der Waals surface area contributed by atoms with Crippen molar-refractivity contribution in [2.45, 2.75) is 50.0 Å². The molecule has 0 amide bonds. The van der Waals surface area contributed by atoms with Crippen molar-refractivity contribution in [3.63, 3.8) is 0 Å². The monoisotopic (exact) mass is 649 g/mol. The zero-order chi connectivity index (χ0) is 32.8. The van der Waals surface area contributed by atoms with Crippen molar-refractivity contribution < 1.29 is 13.2 Å². The number of aromatic nitrogens is 5. The Morgan fingerprint density at radius 2 is 1.79 bits per heavy atom. The van der Waals surface area contributed by atoms with Gasteiger partial charge in [-0.25, -0.2) is 9.67 Å². The zero-order valence-corrected chi connectivity index (χ0v) is 25.8. The van der Waals surface area contributed by atoms with Gasteiger partial charge in [-0.3, -0.25) is 4.98 Å². The molecule has 13 heteroatoms. The maximum Gasteiger partial charge on any atom is 0.413 e. The molecule has 0 spiro atoms. The standard InChI is InChI=1S/C34H26F3N9S/c1-2-26(20-7-4-3-5-8-20)43-30-22(16-39)17-40-29-21(15-38)13-23(14-25(29)30)42-31(24-9-6-10-27-32(24)47-19-41-27)28-18-46(45-44-28)33(11-12-33)34(35,36)37/h3-10,13-14,17-19,26,31,42H,2,11-12H2,1H3,(H,40,43)/t26-,31?/m1/s1. The van der Waals surface area contributed by atoms with E-state index in [9.17, 15) is 23.7 Å². The van der Waals surface area contributed by atoms with Crippen LogP contribution in [0.15, 0.2) is 78.6 Å². The van der Waals surface area contributed by atoms with Crippen molar-refractivity contribution in [2.75, 3.05) is 10.6 Å². The molecule has 3 heterocycles. The highest BCUT2D eigenvalue weighted by molar-refractivity contribution is 7.17. The molecule has 3 aromatic carbocycles. The molecule has 0 saturated heterocycles. The molecule has 6 aromatic rings. The number of hydrogen-bond acceptors (Lipinski definition) is 9. The number of thiazole rings is 1. The molecular weight excluding hydrogens is 623 g/mol. The van der Waals surface area contributed by atoms with Gasteiger partial charge in [-0.15, -0.1) is 16.4 Å². The van der Waals surface area contributed by atoms with Crippen molar-refractivity contribution in [3.8, 4) is 12.1 Å². The highest BCUT2D eigenvalue weighted by Crippen LogP contribution is 2.55. The minimum Gasteiger partial charge on any atom is -0.377 e. The lowest BCUT2D eigenvalue weighted by Crippen LogP contribution is -2.35. The van der Waals surface area contributed by atoms with Crippen LogP contribution in [0.1, 0.15) is 66.2 Å². The number of nitrogens with one attached hydrogen (secondary N) is 2. The van der Waals surface area contributed by atoms with Crippen molar-refractivity contribution in [3.05, 3.63) is 107 Å². The molecule has 1 aliphatic rings. The zero-order valence-electron chi connectivity index (χ0n) is 25.0. The first-order valence-corrected chi connectivity index (χ1v) is 15.8. The van der Waals surface area contributed by atoms with Gasteiger partial charge in [-0.05, 0) is 48.6 Å². The molecule has 9 nitrogen and oxygen atoms in total. The number of anilines is 2. The minimum absolute atomic E-state index is 0.0657. The Labute approximate surface area is 271 Å². The van der Waals surface area contributed by atoms with Crippen LogP contribution in [0, 0.1) is 22.7 Å². The SMILES string of the molecule is CC[C@@H](Nc1c(C#N)cnc2c(C#N)cc(NC(c3cn(C4(C(F)(F)F)CC4)nn3)c3cccc4ncsc34)cc12)c1ccccc1. The maximum absolute atomic E-state index is 14.0. The van der Waals surface area contributed by atoms with Gasteiger partial charge in [0.25, 0.3) is 0 Å². The van der Waals surface area contributed by atoms with Crippen LogP contribution in [0.5, 0.6) is 0 Å². The summed E-state index contributed by atoms with van der Waals surface area (Å²) in [5.74, 6) is 0. The van der Waals surface area contributed by atoms with Gasteiger partial charge >= 0.3 is 6.18 Å². The Morgan fingerprint density at radius 1 is 1.00 bits per heavy atom. The van der Waals surface area contributed by atoms with Gasteiger partial charge in [-0.1, -0.05) is 54.6 Å². The number of halogens is 3. The Balaban J connectivity index is 1.36. The van der Waals surface area contributed by atoms with E-state index in [-0.39, 0.29) is 30.1 Å². The van der Waals surface area contributed by atoms with Crippen LogP contribution in [-0.2, 0) is 5.54 Å². The van der Waals surface area contributed by atoms with Gasteiger partial charge in [0.15, 0.2) is 5.54 Å². The van der Waals surface area contributed by atoms with E-state index in [2.05, 4.69) is 43.1 Å². The predicted molar refractivity (Wildman–Crippen MR) is 173 cm³/mol. The first-order chi connectivity index (χ1) is 22.8. The molecule has 47 heavy (non-hydrogen) atoms. The van der Waals surface area contributed by atoms with E-state index in [4.69, 9.17) is 0 Å². The molecular formula is C34H26F3N9S. The number of pyridine rings is 1. The highest BCUT2D eigenvalue weighted by Gasteiger charge is 2.66. The summed E-state index contributed by atoms with van der Waals surface area (Å²) in [6, 6.07) is 22.4. The summed E-state index contributed by atoms with van der Waals surface area (Å²) < 4.78 is 43.8. The Hall–Kier alpha value is -5.53. The number of fused-ring (bicyclic) bond motifs is 2. The van der Waals surface area contributed by atoms with Crippen LogP contribution < -0.4 is 10.6 Å². The number of nitrogens with zero attached hydrogens (tertiary/aromatic N) is 7. The predicted octanol–water partition coefficient (Wildman–Crippen LogP) is 8.00. The fourth-order valence-electron chi connectivity index (χ4n) is 5.98. The molecule has 0 aliphatic heterocycles. The first kappa shape index (κ1) is 30.1. The molecule has 0 radical (unpaired) electrons. The second kappa shape index (κ2) is 11.7. The molecule has 7 rings (SSSR count). The van der Waals surface area contributed by atoms with E-state index in [1.54, 1.807) is 17.6 Å². The lowest BCUT2D eigenvalue weighted by molar-refractivity contribution is -0.182. The maximum atomic E-state index is 14.0. The largest absolute Gasteiger partial charge is 0.413 e. The van der Waals surface area contributed by atoms with Gasteiger partial charge in [0, 0.05) is 17.3 Å².